The molecule has 8 bridgehead atoms. The molecular formula is C31H23N5O. The van der Waals surface area contributed by atoms with Gasteiger partial charge in [-0.3, -0.25) is 0 Å². The fourth-order valence-corrected chi connectivity index (χ4v) is 4.44. The van der Waals surface area contributed by atoms with Crippen LogP contribution in [0.25, 0.3) is 5.57 Å². The van der Waals surface area contributed by atoms with Gasteiger partial charge in [-0.1, -0.05) is 30.3 Å². The van der Waals surface area contributed by atoms with Gasteiger partial charge >= 0.3 is 0 Å². The molecule has 1 aromatic carbocycles. The molecule has 5 aliphatic rings. The van der Waals surface area contributed by atoms with Crippen molar-refractivity contribution >= 4 is 28.4 Å². The van der Waals surface area contributed by atoms with E-state index in [-0.39, 0.29) is 0 Å². The molecule has 0 spiro atoms. The fourth-order valence-electron chi connectivity index (χ4n) is 4.44. The third kappa shape index (κ3) is 4.93. The molecular weight excluding hydrogens is 458 g/mol. The molecule has 0 N–H and O–H groups in total. The van der Waals surface area contributed by atoms with Gasteiger partial charge in [-0.25, -0.2) is 20.0 Å². The van der Waals surface area contributed by atoms with Gasteiger partial charge in [0.1, 0.15) is 5.70 Å². The standard InChI is InChI=1S/C31H23N5O/c32-15-5-2-6-16-37-31-29-20-27-14-12-25(35-27)18-23-10-9-22(33-23)17-24-11-13-26(34-24)19-28(36-29)30(31)21-7-3-1-4-8-21/h1,3-4,7-14,17-20H,2,5-6,16H2. The average molecular weight is 482 g/mol. The summed E-state index contributed by atoms with van der Waals surface area (Å²) >= 11 is 0. The summed E-state index contributed by atoms with van der Waals surface area (Å²) in [5.74, 6) is 0.715. The summed E-state index contributed by atoms with van der Waals surface area (Å²) in [4.78, 5) is 19.2. The van der Waals surface area contributed by atoms with Crippen LogP contribution in [0.3, 0.4) is 0 Å². The summed E-state index contributed by atoms with van der Waals surface area (Å²) in [7, 11) is 0. The number of hydrogen-bond acceptors (Lipinski definition) is 6. The largest absolute Gasteiger partial charge is 0.491 e. The van der Waals surface area contributed by atoms with Crippen LogP contribution < -0.4 is 0 Å². The number of ether oxygens (including phenoxy) is 1. The molecule has 0 atom stereocenters. The normalized spacial score (nSPS) is 19.0. The van der Waals surface area contributed by atoms with Crippen LogP contribution in [-0.2, 0) is 4.74 Å². The van der Waals surface area contributed by atoms with Crippen molar-refractivity contribution in [2.24, 2.45) is 20.0 Å². The zero-order valence-electron chi connectivity index (χ0n) is 20.1. The summed E-state index contributed by atoms with van der Waals surface area (Å²) in [6.45, 7) is 0.499. The maximum atomic E-state index is 8.89. The zero-order valence-corrected chi connectivity index (χ0v) is 20.1. The monoisotopic (exact) mass is 481 g/mol. The predicted octanol–water partition coefficient (Wildman–Crippen LogP) is 6.14. The van der Waals surface area contributed by atoms with Crippen molar-refractivity contribution in [3.05, 3.63) is 125 Å². The topological polar surface area (TPSA) is 82.5 Å². The van der Waals surface area contributed by atoms with E-state index >= 15 is 0 Å². The molecule has 0 radical (unpaired) electrons. The molecule has 178 valence electrons. The molecule has 6 heteroatoms. The van der Waals surface area contributed by atoms with Crippen molar-refractivity contribution in [3.63, 3.8) is 0 Å². The molecule has 0 saturated heterocycles. The highest BCUT2D eigenvalue weighted by atomic mass is 16.5. The van der Waals surface area contributed by atoms with Crippen LogP contribution >= 0.6 is 0 Å². The Morgan fingerprint density at radius 3 is 1.95 bits per heavy atom. The highest BCUT2D eigenvalue weighted by Crippen LogP contribution is 2.35. The van der Waals surface area contributed by atoms with Crippen molar-refractivity contribution in [1.29, 1.82) is 5.26 Å². The zero-order chi connectivity index (χ0) is 25.0. The molecule has 37 heavy (non-hydrogen) atoms. The summed E-state index contributed by atoms with van der Waals surface area (Å²) in [6.07, 6.45) is 21.9. The summed E-state index contributed by atoms with van der Waals surface area (Å²) in [5.41, 5.74) is 8.42. The van der Waals surface area contributed by atoms with Gasteiger partial charge in [-0.15, -0.1) is 0 Å². The van der Waals surface area contributed by atoms with E-state index in [2.05, 4.69) is 23.2 Å². The van der Waals surface area contributed by atoms with E-state index in [9.17, 15) is 0 Å². The quantitative estimate of drug-likeness (QED) is 0.457. The number of hydrogen-bond donors (Lipinski definition) is 0. The Balaban J connectivity index is 1.48. The van der Waals surface area contributed by atoms with Crippen LogP contribution in [0, 0.1) is 11.3 Å². The molecule has 0 fully saturated rings. The van der Waals surface area contributed by atoms with Gasteiger partial charge in [0.25, 0.3) is 0 Å². The van der Waals surface area contributed by atoms with Crippen LogP contribution in [-0.4, -0.2) is 29.5 Å². The maximum Gasteiger partial charge on any atom is 0.154 e. The lowest BCUT2D eigenvalue weighted by Gasteiger charge is -2.11. The average Bonchev–Trinajstić information content (AvgIpc) is 3.70. The Bertz CT molecular complexity index is 1570. The maximum absolute atomic E-state index is 8.89. The SMILES string of the molecule is N#CCCCCOC1=C(c2ccccc2)C2=NC1=CC1=NC(=CC3=NC(=CC4=NC(=C2)C=C4)C=C3)C=C1. The summed E-state index contributed by atoms with van der Waals surface area (Å²) in [6, 6.07) is 12.3. The molecule has 0 saturated carbocycles. The van der Waals surface area contributed by atoms with Crippen LogP contribution in [0.2, 0.25) is 0 Å². The van der Waals surface area contributed by atoms with Gasteiger partial charge in [-0.05, 0) is 79.2 Å². The van der Waals surface area contributed by atoms with E-state index in [1.54, 1.807) is 0 Å². The van der Waals surface area contributed by atoms with E-state index in [0.29, 0.717) is 24.5 Å². The Labute approximate surface area is 215 Å². The molecule has 0 amide bonds. The number of allylic oxidation sites excluding steroid dienone is 11. The third-order valence-corrected chi connectivity index (χ3v) is 6.16. The number of nitriles is 1. The van der Waals surface area contributed by atoms with Crippen LogP contribution in [0.4, 0.5) is 0 Å². The van der Waals surface area contributed by atoms with Crippen molar-refractivity contribution in [2.75, 3.05) is 6.61 Å². The number of unbranched alkanes of at least 4 members (excludes halogenated alkanes) is 2. The van der Waals surface area contributed by atoms with Crippen molar-refractivity contribution in [1.82, 2.24) is 0 Å². The number of benzene rings is 1. The van der Waals surface area contributed by atoms with E-state index in [0.717, 1.165) is 63.9 Å². The Kier molecular flexibility index (Phi) is 6.10. The number of aliphatic imine (C=N–C) groups is 4. The lowest BCUT2D eigenvalue weighted by molar-refractivity contribution is 0.216. The lowest BCUT2D eigenvalue weighted by Crippen LogP contribution is -2.02. The first-order valence-electron chi connectivity index (χ1n) is 12.3. The third-order valence-electron chi connectivity index (χ3n) is 6.16. The van der Waals surface area contributed by atoms with Crippen LogP contribution in [0.5, 0.6) is 0 Å². The number of nitrogens with zero attached hydrogens (tertiary/aromatic N) is 5. The molecule has 6 rings (SSSR count). The second-order valence-corrected chi connectivity index (χ2v) is 8.88. The smallest absolute Gasteiger partial charge is 0.154 e. The van der Waals surface area contributed by atoms with Crippen LogP contribution in [0.1, 0.15) is 24.8 Å². The minimum absolute atomic E-state index is 0.499. The van der Waals surface area contributed by atoms with E-state index in [1.165, 1.54) is 0 Å². The summed E-state index contributed by atoms with van der Waals surface area (Å²) in [5, 5.41) is 8.89. The first kappa shape index (κ1) is 22.6. The Hall–Kier alpha value is -4.89. The molecule has 0 aliphatic carbocycles. The van der Waals surface area contributed by atoms with E-state index in [4.69, 9.17) is 25.0 Å². The lowest BCUT2D eigenvalue weighted by atomic mass is 10.00. The van der Waals surface area contributed by atoms with Gasteiger partial charge in [-0.2, -0.15) is 5.26 Å². The van der Waals surface area contributed by atoms with E-state index < -0.39 is 0 Å². The summed E-state index contributed by atoms with van der Waals surface area (Å²) < 4.78 is 6.37. The second kappa shape index (κ2) is 10.00. The van der Waals surface area contributed by atoms with Gasteiger partial charge in [0.15, 0.2) is 5.76 Å². The highest BCUT2D eigenvalue weighted by molar-refractivity contribution is 6.33. The highest BCUT2D eigenvalue weighted by Gasteiger charge is 2.27. The Morgan fingerprint density at radius 1 is 0.676 bits per heavy atom. The molecule has 5 aliphatic heterocycles. The van der Waals surface area contributed by atoms with Gasteiger partial charge < -0.3 is 4.74 Å². The number of fused-ring (bicyclic) bond motifs is 4. The van der Waals surface area contributed by atoms with Crippen molar-refractivity contribution in [2.45, 2.75) is 19.3 Å². The first-order valence-corrected chi connectivity index (χ1v) is 12.3. The first-order chi connectivity index (χ1) is 18.2. The molecule has 0 unspecified atom stereocenters. The van der Waals surface area contributed by atoms with E-state index in [1.807, 2.05) is 79.0 Å². The molecule has 5 heterocycles. The van der Waals surface area contributed by atoms with Gasteiger partial charge in [0.05, 0.1) is 58.2 Å². The number of rotatable bonds is 6. The predicted molar refractivity (Wildman–Crippen MR) is 148 cm³/mol. The van der Waals surface area contributed by atoms with Gasteiger partial charge in [0.2, 0.25) is 0 Å². The van der Waals surface area contributed by atoms with Crippen molar-refractivity contribution < 1.29 is 4.74 Å². The van der Waals surface area contributed by atoms with Gasteiger partial charge in [0, 0.05) is 6.42 Å². The molecule has 6 nitrogen and oxygen atoms in total. The molecule has 0 aromatic heterocycles. The fraction of sp³-hybridized carbons (Fsp3) is 0.129. The van der Waals surface area contributed by atoms with Crippen molar-refractivity contribution in [3.8, 4) is 6.07 Å². The minimum Gasteiger partial charge on any atom is -0.491 e. The molecule has 1 aromatic rings. The van der Waals surface area contributed by atoms with Crippen LogP contribution in [0.15, 0.2) is 140 Å². The minimum atomic E-state index is 0.499. The Morgan fingerprint density at radius 2 is 1.30 bits per heavy atom. The second-order valence-electron chi connectivity index (χ2n) is 8.88.